The zero-order valence-corrected chi connectivity index (χ0v) is 13.2. The normalized spacial score (nSPS) is 20.3. The van der Waals surface area contributed by atoms with E-state index in [1.807, 2.05) is 11.8 Å². The van der Waals surface area contributed by atoms with Gasteiger partial charge in [-0.3, -0.25) is 4.90 Å². The molecule has 2 rings (SSSR count). The first-order valence-corrected chi connectivity index (χ1v) is 8.45. The summed E-state index contributed by atoms with van der Waals surface area (Å²) in [5.41, 5.74) is 1.40. The van der Waals surface area contributed by atoms with E-state index in [0.717, 1.165) is 5.03 Å². The molecule has 0 spiro atoms. The summed E-state index contributed by atoms with van der Waals surface area (Å²) in [7, 11) is 0. The van der Waals surface area contributed by atoms with Crippen LogP contribution in [0.4, 0.5) is 0 Å². The van der Waals surface area contributed by atoms with Crippen molar-refractivity contribution in [1.29, 1.82) is 0 Å². The van der Waals surface area contributed by atoms with Gasteiger partial charge in [-0.05, 0) is 44.0 Å². The van der Waals surface area contributed by atoms with Crippen molar-refractivity contribution in [1.82, 2.24) is 9.88 Å². The molecule has 2 nitrogen and oxygen atoms in total. The van der Waals surface area contributed by atoms with Gasteiger partial charge >= 0.3 is 0 Å². The number of pyridine rings is 1. The maximum atomic E-state index is 4.61. The van der Waals surface area contributed by atoms with E-state index >= 15 is 0 Å². The van der Waals surface area contributed by atoms with E-state index in [0.29, 0.717) is 11.3 Å². The quantitative estimate of drug-likeness (QED) is 0.712. The van der Waals surface area contributed by atoms with Crippen molar-refractivity contribution in [3.8, 4) is 0 Å². The molecule has 1 aromatic rings. The Bertz CT molecular complexity index is 375. The Morgan fingerprint density at radius 3 is 2.89 bits per heavy atom. The molecule has 106 valence electrons. The Kier molecular flexibility index (Phi) is 5.71. The summed E-state index contributed by atoms with van der Waals surface area (Å²) in [5.74, 6) is 0. The predicted octanol–water partition coefficient (Wildman–Crippen LogP) is 4.52. The van der Waals surface area contributed by atoms with Crippen LogP contribution in [0.2, 0.25) is 0 Å². The van der Waals surface area contributed by atoms with Crippen molar-refractivity contribution in [3.63, 3.8) is 0 Å². The first-order valence-electron chi connectivity index (χ1n) is 7.57. The molecule has 1 atom stereocenters. The van der Waals surface area contributed by atoms with Crippen LogP contribution in [-0.4, -0.2) is 28.2 Å². The van der Waals surface area contributed by atoms with Gasteiger partial charge in [-0.15, -0.1) is 11.8 Å². The van der Waals surface area contributed by atoms with Crippen LogP contribution in [0, 0.1) is 0 Å². The van der Waals surface area contributed by atoms with Crippen LogP contribution in [0.3, 0.4) is 0 Å². The molecular formula is C16H26N2S. The average Bonchev–Trinajstić information content (AvgIpc) is 2.85. The monoisotopic (exact) mass is 278 g/mol. The zero-order chi connectivity index (χ0) is 13.7. The van der Waals surface area contributed by atoms with Gasteiger partial charge in [0.15, 0.2) is 0 Å². The largest absolute Gasteiger partial charge is 0.296 e. The molecule has 3 heteroatoms. The van der Waals surface area contributed by atoms with Crippen LogP contribution in [0.5, 0.6) is 0 Å². The lowest BCUT2D eigenvalue weighted by Gasteiger charge is -2.24. The summed E-state index contributed by atoms with van der Waals surface area (Å²) < 4.78 is 0. The molecule has 2 heterocycles. The summed E-state index contributed by atoms with van der Waals surface area (Å²) in [6.45, 7) is 9.19. The van der Waals surface area contributed by atoms with E-state index in [-0.39, 0.29) is 0 Å². The number of hydrogen-bond acceptors (Lipinski definition) is 3. The molecule has 19 heavy (non-hydrogen) atoms. The molecule has 0 bridgehead atoms. The molecule has 0 amide bonds. The molecule has 0 saturated carbocycles. The first-order chi connectivity index (χ1) is 9.20. The van der Waals surface area contributed by atoms with Crippen LogP contribution in [0.1, 0.15) is 58.1 Å². The zero-order valence-electron chi connectivity index (χ0n) is 12.4. The minimum absolute atomic E-state index is 0.603. The van der Waals surface area contributed by atoms with E-state index in [1.165, 1.54) is 44.3 Å². The highest BCUT2D eigenvalue weighted by atomic mass is 32.2. The summed E-state index contributed by atoms with van der Waals surface area (Å²) in [5, 5.41) is 1.75. The van der Waals surface area contributed by atoms with Gasteiger partial charge in [0.25, 0.3) is 0 Å². The highest BCUT2D eigenvalue weighted by molar-refractivity contribution is 7.99. The summed E-state index contributed by atoms with van der Waals surface area (Å²) in [6, 6.07) is 5.08. The number of thioether (sulfide) groups is 1. The number of aromatic nitrogens is 1. The second-order valence-electron chi connectivity index (χ2n) is 5.64. The van der Waals surface area contributed by atoms with Crippen LogP contribution in [0.25, 0.3) is 0 Å². The van der Waals surface area contributed by atoms with Gasteiger partial charge in [-0.25, -0.2) is 4.98 Å². The van der Waals surface area contributed by atoms with Gasteiger partial charge in [0.05, 0.1) is 5.03 Å². The number of nitrogens with zero attached hydrogens (tertiary/aromatic N) is 2. The SMILES string of the molecule is CCCCN1CCC[C@@H]1c1ccc(SC(C)C)nc1. The maximum absolute atomic E-state index is 4.61. The smallest absolute Gasteiger partial charge is 0.0962 e. The van der Waals surface area contributed by atoms with Crippen molar-refractivity contribution in [2.45, 2.75) is 62.8 Å². The van der Waals surface area contributed by atoms with Gasteiger partial charge in [0.2, 0.25) is 0 Å². The Balaban J connectivity index is 2.00. The molecule has 1 aliphatic rings. The van der Waals surface area contributed by atoms with Gasteiger partial charge in [0.1, 0.15) is 0 Å². The molecule has 1 fully saturated rings. The highest BCUT2D eigenvalue weighted by Crippen LogP contribution is 2.32. The van der Waals surface area contributed by atoms with Gasteiger partial charge in [-0.2, -0.15) is 0 Å². The van der Waals surface area contributed by atoms with Crippen molar-refractivity contribution in [2.75, 3.05) is 13.1 Å². The van der Waals surface area contributed by atoms with E-state index in [1.54, 1.807) is 0 Å². The summed E-state index contributed by atoms with van der Waals surface area (Å²) in [4.78, 5) is 7.25. The third kappa shape index (κ3) is 4.22. The standard InChI is InChI=1S/C16H26N2S/c1-4-5-10-18-11-6-7-15(18)14-8-9-16(17-12-14)19-13(2)3/h8-9,12-13,15H,4-7,10-11H2,1-3H3/t15-/m1/s1. The van der Waals surface area contributed by atoms with Gasteiger partial charge in [0, 0.05) is 17.5 Å². The third-order valence-electron chi connectivity index (χ3n) is 3.66. The minimum Gasteiger partial charge on any atom is -0.296 e. The van der Waals surface area contributed by atoms with E-state index in [9.17, 15) is 0 Å². The van der Waals surface area contributed by atoms with Crippen LogP contribution in [-0.2, 0) is 0 Å². The lowest BCUT2D eigenvalue weighted by molar-refractivity contribution is 0.253. The Morgan fingerprint density at radius 2 is 2.26 bits per heavy atom. The van der Waals surface area contributed by atoms with Crippen LogP contribution >= 0.6 is 11.8 Å². The fraction of sp³-hybridized carbons (Fsp3) is 0.688. The van der Waals surface area contributed by atoms with E-state index in [4.69, 9.17) is 0 Å². The fourth-order valence-electron chi connectivity index (χ4n) is 2.73. The van der Waals surface area contributed by atoms with Crippen molar-refractivity contribution in [3.05, 3.63) is 23.9 Å². The molecular weight excluding hydrogens is 252 g/mol. The molecule has 1 aromatic heterocycles. The number of hydrogen-bond donors (Lipinski definition) is 0. The molecule has 1 aliphatic heterocycles. The topological polar surface area (TPSA) is 16.1 Å². The third-order valence-corrected chi connectivity index (χ3v) is 4.62. The van der Waals surface area contributed by atoms with Crippen LogP contribution in [0.15, 0.2) is 23.4 Å². The van der Waals surface area contributed by atoms with E-state index < -0.39 is 0 Å². The van der Waals surface area contributed by atoms with Crippen molar-refractivity contribution >= 4 is 11.8 Å². The Morgan fingerprint density at radius 1 is 1.42 bits per heavy atom. The molecule has 0 N–H and O–H groups in total. The minimum atomic E-state index is 0.603. The Labute approximate surface area is 122 Å². The van der Waals surface area contributed by atoms with Crippen molar-refractivity contribution < 1.29 is 0 Å². The second-order valence-corrected chi connectivity index (χ2v) is 7.24. The van der Waals surface area contributed by atoms with E-state index in [2.05, 4.69) is 49.0 Å². The van der Waals surface area contributed by atoms with Gasteiger partial charge < -0.3 is 0 Å². The lowest BCUT2D eigenvalue weighted by atomic mass is 10.1. The van der Waals surface area contributed by atoms with Gasteiger partial charge in [-0.1, -0.05) is 33.3 Å². The lowest BCUT2D eigenvalue weighted by Crippen LogP contribution is -2.24. The van der Waals surface area contributed by atoms with Crippen molar-refractivity contribution in [2.24, 2.45) is 0 Å². The number of likely N-dealkylation sites (tertiary alicyclic amines) is 1. The Hall–Kier alpha value is -0.540. The van der Waals surface area contributed by atoms with Crippen LogP contribution < -0.4 is 0 Å². The molecule has 0 aliphatic carbocycles. The highest BCUT2D eigenvalue weighted by Gasteiger charge is 2.25. The first kappa shape index (κ1) is 14.9. The molecule has 0 radical (unpaired) electrons. The molecule has 0 aromatic carbocycles. The summed E-state index contributed by atoms with van der Waals surface area (Å²) >= 11 is 1.84. The predicted molar refractivity (Wildman–Crippen MR) is 83.7 cm³/mol. The average molecular weight is 278 g/mol. The maximum Gasteiger partial charge on any atom is 0.0962 e. The molecule has 0 unspecified atom stereocenters. The second kappa shape index (κ2) is 7.30. The number of unbranched alkanes of at least 4 members (excludes halogenated alkanes) is 1. The fourth-order valence-corrected chi connectivity index (χ4v) is 3.48. The summed E-state index contributed by atoms with van der Waals surface area (Å²) in [6.07, 6.45) is 7.31. The number of rotatable bonds is 6. The molecule has 1 saturated heterocycles.